The van der Waals surface area contributed by atoms with Crippen LogP contribution in [0.3, 0.4) is 0 Å². The van der Waals surface area contributed by atoms with Crippen molar-refractivity contribution in [3.63, 3.8) is 0 Å². The van der Waals surface area contributed by atoms with E-state index in [1.54, 1.807) is 0 Å². The van der Waals surface area contributed by atoms with E-state index in [9.17, 15) is 4.79 Å². The van der Waals surface area contributed by atoms with Gasteiger partial charge >= 0.3 is 0 Å². The van der Waals surface area contributed by atoms with Crippen LogP contribution < -0.4 is 0 Å². The predicted molar refractivity (Wildman–Crippen MR) is 58.0 cm³/mol. The van der Waals surface area contributed by atoms with Crippen molar-refractivity contribution in [1.29, 1.82) is 0 Å². The van der Waals surface area contributed by atoms with E-state index >= 15 is 0 Å². The SMILES string of the molecule is Cc1noc(CCN2CCC(=O)CC2C)n1. The summed E-state index contributed by atoms with van der Waals surface area (Å²) in [6.45, 7) is 5.65. The summed E-state index contributed by atoms with van der Waals surface area (Å²) in [7, 11) is 0. The molecule has 1 fully saturated rings. The Bertz CT molecular complexity index is 375. The highest BCUT2D eigenvalue weighted by Gasteiger charge is 2.23. The summed E-state index contributed by atoms with van der Waals surface area (Å²) >= 11 is 0. The van der Waals surface area contributed by atoms with Crippen LogP contribution in [-0.4, -0.2) is 40.0 Å². The summed E-state index contributed by atoms with van der Waals surface area (Å²) in [6.07, 6.45) is 2.11. The number of ketones is 1. The smallest absolute Gasteiger partial charge is 0.227 e. The van der Waals surface area contributed by atoms with Gasteiger partial charge in [-0.25, -0.2) is 0 Å². The Labute approximate surface area is 94.8 Å². The first kappa shape index (κ1) is 11.3. The van der Waals surface area contributed by atoms with Gasteiger partial charge < -0.3 is 4.52 Å². The van der Waals surface area contributed by atoms with Crippen molar-refractivity contribution in [2.24, 2.45) is 0 Å². The Kier molecular flexibility index (Phi) is 3.33. The molecule has 88 valence electrons. The molecule has 1 aliphatic rings. The maximum Gasteiger partial charge on any atom is 0.227 e. The van der Waals surface area contributed by atoms with E-state index in [1.165, 1.54) is 0 Å². The standard InChI is InChI=1S/C11H17N3O2/c1-8-7-10(15)3-5-14(8)6-4-11-12-9(2)13-16-11/h8H,3-7H2,1-2H3. The van der Waals surface area contributed by atoms with Crippen LogP contribution >= 0.6 is 0 Å². The fraction of sp³-hybridized carbons (Fsp3) is 0.727. The zero-order valence-electron chi connectivity index (χ0n) is 9.77. The van der Waals surface area contributed by atoms with Gasteiger partial charge in [-0.1, -0.05) is 5.16 Å². The van der Waals surface area contributed by atoms with E-state index in [1.807, 2.05) is 6.92 Å². The summed E-state index contributed by atoms with van der Waals surface area (Å²) in [5.41, 5.74) is 0. The molecule has 1 aliphatic heterocycles. The number of piperidine rings is 1. The minimum Gasteiger partial charge on any atom is -0.339 e. The third-order valence-electron chi connectivity index (χ3n) is 3.01. The summed E-state index contributed by atoms with van der Waals surface area (Å²) in [5.74, 6) is 1.73. The molecule has 0 N–H and O–H groups in total. The van der Waals surface area contributed by atoms with Crippen molar-refractivity contribution in [2.45, 2.75) is 39.2 Å². The fourth-order valence-corrected chi connectivity index (χ4v) is 2.06. The largest absolute Gasteiger partial charge is 0.339 e. The average molecular weight is 223 g/mol. The van der Waals surface area contributed by atoms with Crippen molar-refractivity contribution in [3.05, 3.63) is 11.7 Å². The normalized spacial score (nSPS) is 22.6. The monoisotopic (exact) mass is 223 g/mol. The number of aryl methyl sites for hydroxylation is 1. The second kappa shape index (κ2) is 4.74. The van der Waals surface area contributed by atoms with Gasteiger partial charge in [-0.3, -0.25) is 9.69 Å². The van der Waals surface area contributed by atoms with E-state index < -0.39 is 0 Å². The topological polar surface area (TPSA) is 59.2 Å². The molecule has 2 rings (SSSR count). The molecule has 1 unspecified atom stereocenters. The van der Waals surface area contributed by atoms with Crippen LogP contribution in [0.15, 0.2) is 4.52 Å². The molecule has 1 atom stereocenters. The van der Waals surface area contributed by atoms with Gasteiger partial charge in [0, 0.05) is 38.4 Å². The van der Waals surface area contributed by atoms with Crippen LogP contribution in [0.25, 0.3) is 0 Å². The molecule has 5 nitrogen and oxygen atoms in total. The van der Waals surface area contributed by atoms with Gasteiger partial charge in [-0.2, -0.15) is 4.98 Å². The first-order valence-corrected chi connectivity index (χ1v) is 5.70. The molecule has 1 aromatic rings. The van der Waals surface area contributed by atoms with E-state index in [-0.39, 0.29) is 0 Å². The van der Waals surface area contributed by atoms with Crippen LogP contribution in [-0.2, 0) is 11.2 Å². The van der Waals surface area contributed by atoms with E-state index in [2.05, 4.69) is 22.0 Å². The molecule has 0 aromatic carbocycles. The number of hydrogen-bond donors (Lipinski definition) is 0. The number of likely N-dealkylation sites (tertiary alicyclic amines) is 1. The van der Waals surface area contributed by atoms with Gasteiger partial charge in [0.2, 0.25) is 5.89 Å². The first-order valence-electron chi connectivity index (χ1n) is 5.70. The molecule has 0 aliphatic carbocycles. The van der Waals surface area contributed by atoms with Crippen LogP contribution in [0.5, 0.6) is 0 Å². The number of hydrogen-bond acceptors (Lipinski definition) is 5. The van der Waals surface area contributed by atoms with Crippen LogP contribution in [0, 0.1) is 6.92 Å². The summed E-state index contributed by atoms with van der Waals surface area (Å²) in [4.78, 5) is 17.7. The molecule has 1 aromatic heterocycles. The fourth-order valence-electron chi connectivity index (χ4n) is 2.06. The van der Waals surface area contributed by atoms with Crippen molar-refractivity contribution >= 4 is 5.78 Å². The maximum absolute atomic E-state index is 11.2. The second-order valence-corrected chi connectivity index (χ2v) is 4.36. The molecular formula is C11H17N3O2. The zero-order valence-corrected chi connectivity index (χ0v) is 9.77. The lowest BCUT2D eigenvalue weighted by molar-refractivity contribution is -0.122. The first-order chi connectivity index (χ1) is 7.65. The minimum absolute atomic E-state index is 0.338. The number of rotatable bonds is 3. The predicted octanol–water partition coefficient (Wildman–Crippen LogP) is 0.974. The molecule has 0 saturated carbocycles. The van der Waals surface area contributed by atoms with Gasteiger partial charge in [0.1, 0.15) is 5.78 Å². The highest BCUT2D eigenvalue weighted by molar-refractivity contribution is 5.79. The van der Waals surface area contributed by atoms with Gasteiger partial charge in [0.05, 0.1) is 0 Å². The van der Waals surface area contributed by atoms with E-state index in [0.717, 1.165) is 19.5 Å². The Morgan fingerprint density at radius 1 is 1.56 bits per heavy atom. The molecule has 5 heteroatoms. The van der Waals surface area contributed by atoms with E-state index in [4.69, 9.17) is 4.52 Å². The molecule has 0 bridgehead atoms. The van der Waals surface area contributed by atoms with Crippen molar-refractivity contribution in [1.82, 2.24) is 15.0 Å². The summed E-state index contributed by atoms with van der Waals surface area (Å²) in [5, 5.41) is 3.75. The van der Waals surface area contributed by atoms with Crippen molar-refractivity contribution in [3.8, 4) is 0 Å². The lowest BCUT2D eigenvalue weighted by Crippen LogP contribution is -2.42. The van der Waals surface area contributed by atoms with Gasteiger partial charge in [0.15, 0.2) is 5.82 Å². The molecule has 0 spiro atoms. The number of carbonyl (C=O) groups excluding carboxylic acids is 1. The van der Waals surface area contributed by atoms with Crippen molar-refractivity contribution in [2.75, 3.05) is 13.1 Å². The third-order valence-corrected chi connectivity index (χ3v) is 3.01. The third kappa shape index (κ3) is 2.66. The summed E-state index contributed by atoms with van der Waals surface area (Å²) in [6, 6.07) is 0.338. The van der Waals surface area contributed by atoms with Crippen LogP contribution in [0.2, 0.25) is 0 Å². The lowest BCUT2D eigenvalue weighted by Gasteiger charge is -2.32. The molecule has 0 amide bonds. The highest BCUT2D eigenvalue weighted by Crippen LogP contribution is 2.14. The van der Waals surface area contributed by atoms with Gasteiger partial charge in [0.25, 0.3) is 0 Å². The second-order valence-electron chi connectivity index (χ2n) is 4.36. The minimum atomic E-state index is 0.338. The average Bonchev–Trinajstić information content (AvgIpc) is 2.63. The molecule has 1 saturated heterocycles. The molecule has 2 heterocycles. The molecule has 0 radical (unpaired) electrons. The van der Waals surface area contributed by atoms with E-state index in [0.29, 0.717) is 36.4 Å². The Balaban J connectivity index is 1.83. The molecular weight excluding hydrogens is 206 g/mol. The van der Waals surface area contributed by atoms with Crippen molar-refractivity contribution < 1.29 is 9.32 Å². The Hall–Kier alpha value is -1.23. The Morgan fingerprint density at radius 3 is 3.00 bits per heavy atom. The Morgan fingerprint density at radius 2 is 2.38 bits per heavy atom. The van der Waals surface area contributed by atoms with Crippen LogP contribution in [0.4, 0.5) is 0 Å². The number of Topliss-reactive ketones (excluding diaryl/α,β-unsaturated/α-hetero) is 1. The highest BCUT2D eigenvalue weighted by atomic mass is 16.5. The zero-order chi connectivity index (χ0) is 11.5. The van der Waals surface area contributed by atoms with Gasteiger partial charge in [-0.05, 0) is 13.8 Å². The van der Waals surface area contributed by atoms with Crippen LogP contribution in [0.1, 0.15) is 31.5 Å². The number of nitrogens with zero attached hydrogens (tertiary/aromatic N) is 3. The van der Waals surface area contributed by atoms with Gasteiger partial charge in [-0.15, -0.1) is 0 Å². The quantitative estimate of drug-likeness (QED) is 0.764. The molecule has 16 heavy (non-hydrogen) atoms. The number of aromatic nitrogens is 2. The number of carbonyl (C=O) groups is 1. The lowest BCUT2D eigenvalue weighted by atomic mass is 10.0. The maximum atomic E-state index is 11.2. The summed E-state index contributed by atoms with van der Waals surface area (Å²) < 4.78 is 5.06.